The Morgan fingerprint density at radius 3 is 2.75 bits per heavy atom. The van der Waals surface area contributed by atoms with Crippen molar-refractivity contribution in [2.75, 3.05) is 46.0 Å². The van der Waals surface area contributed by atoms with Crippen LogP contribution < -0.4 is 5.73 Å². The monoisotopic (exact) mass is 432 g/mol. The molecule has 0 bridgehead atoms. The molecular weight excluding hydrogens is 400 g/mol. The number of benzene rings is 1. The van der Waals surface area contributed by atoms with Crippen molar-refractivity contribution in [3.8, 4) is 0 Å². The van der Waals surface area contributed by atoms with Gasteiger partial charge in [0.25, 0.3) is 0 Å². The van der Waals surface area contributed by atoms with Crippen LogP contribution in [-0.2, 0) is 11.3 Å². The van der Waals surface area contributed by atoms with Gasteiger partial charge >= 0.3 is 0 Å². The molecular formula is C25H32N6O. The lowest BCUT2D eigenvalue weighted by atomic mass is 10.1. The fourth-order valence-corrected chi connectivity index (χ4v) is 4.01. The number of fused-ring (bicyclic) bond motifs is 1. The van der Waals surface area contributed by atoms with Gasteiger partial charge in [-0.05, 0) is 49.2 Å². The van der Waals surface area contributed by atoms with Gasteiger partial charge < -0.3 is 20.5 Å². The summed E-state index contributed by atoms with van der Waals surface area (Å²) in [5.41, 5.74) is 10.1. The van der Waals surface area contributed by atoms with E-state index < -0.39 is 0 Å². The summed E-state index contributed by atoms with van der Waals surface area (Å²) in [5, 5.41) is 1.14. The Labute approximate surface area is 189 Å². The molecule has 3 aromatic rings. The second kappa shape index (κ2) is 9.54. The largest absolute Gasteiger partial charge is 0.383 e. The molecule has 0 spiro atoms. The minimum absolute atomic E-state index is 0.0615. The number of piperazine rings is 1. The van der Waals surface area contributed by atoms with Gasteiger partial charge in [0.15, 0.2) is 0 Å². The van der Waals surface area contributed by atoms with Crippen LogP contribution in [-0.4, -0.2) is 70.8 Å². The first-order chi connectivity index (χ1) is 15.4. The number of anilines is 1. The number of nitrogens with two attached hydrogens (primary N) is 1. The molecule has 1 fully saturated rings. The molecule has 0 aliphatic carbocycles. The van der Waals surface area contributed by atoms with Crippen LogP contribution in [0.3, 0.4) is 0 Å². The van der Waals surface area contributed by atoms with Gasteiger partial charge in [-0.1, -0.05) is 18.2 Å². The van der Waals surface area contributed by atoms with Crippen molar-refractivity contribution in [1.82, 2.24) is 24.7 Å². The number of aromatic amines is 1. The average molecular weight is 433 g/mol. The van der Waals surface area contributed by atoms with Gasteiger partial charge in [0, 0.05) is 68.8 Å². The van der Waals surface area contributed by atoms with Crippen molar-refractivity contribution >= 4 is 28.7 Å². The molecule has 1 atom stereocenters. The number of hydrogen-bond acceptors (Lipinski definition) is 5. The van der Waals surface area contributed by atoms with Gasteiger partial charge in [0.2, 0.25) is 5.91 Å². The summed E-state index contributed by atoms with van der Waals surface area (Å²) in [6, 6.07) is 12.2. The topological polar surface area (TPSA) is 81.5 Å². The van der Waals surface area contributed by atoms with Crippen molar-refractivity contribution in [3.05, 3.63) is 65.5 Å². The first-order valence-corrected chi connectivity index (χ1v) is 11.1. The predicted molar refractivity (Wildman–Crippen MR) is 130 cm³/mol. The fraction of sp³-hybridized carbons (Fsp3) is 0.360. The molecule has 0 saturated carbocycles. The number of nitrogens with one attached hydrogen (secondary N) is 1. The van der Waals surface area contributed by atoms with Crippen LogP contribution in [0, 0.1) is 0 Å². The Balaban J connectivity index is 1.42. The molecule has 1 aromatic carbocycles. The van der Waals surface area contributed by atoms with Gasteiger partial charge in [-0.25, -0.2) is 4.98 Å². The number of aromatic nitrogens is 2. The summed E-state index contributed by atoms with van der Waals surface area (Å²) in [5.74, 6) is 0.491. The SMILES string of the molecule is CC(c1cc2ccccc2[nH]1)N(C)C(=O)C=Cc1cnc(N)c(CN2CCN(C)CC2)c1. The molecule has 168 valence electrons. The average Bonchev–Trinajstić information content (AvgIpc) is 3.24. The van der Waals surface area contributed by atoms with E-state index in [0.717, 1.165) is 60.4 Å². The van der Waals surface area contributed by atoms with E-state index in [1.165, 1.54) is 0 Å². The maximum Gasteiger partial charge on any atom is 0.246 e. The second-order valence-corrected chi connectivity index (χ2v) is 8.66. The molecule has 4 rings (SSSR count). The van der Waals surface area contributed by atoms with E-state index in [1.54, 1.807) is 17.2 Å². The third kappa shape index (κ3) is 5.00. The van der Waals surface area contributed by atoms with E-state index in [1.807, 2.05) is 44.3 Å². The minimum Gasteiger partial charge on any atom is -0.383 e. The lowest BCUT2D eigenvalue weighted by molar-refractivity contribution is -0.126. The van der Waals surface area contributed by atoms with Crippen molar-refractivity contribution in [3.63, 3.8) is 0 Å². The Kier molecular flexibility index (Phi) is 6.58. The highest BCUT2D eigenvalue weighted by atomic mass is 16.2. The lowest BCUT2D eigenvalue weighted by Crippen LogP contribution is -2.44. The van der Waals surface area contributed by atoms with Gasteiger partial charge in [-0.3, -0.25) is 9.69 Å². The van der Waals surface area contributed by atoms with E-state index in [9.17, 15) is 4.79 Å². The van der Waals surface area contributed by atoms with Gasteiger partial charge in [0.05, 0.1) is 6.04 Å². The Morgan fingerprint density at radius 1 is 1.25 bits per heavy atom. The standard InChI is InChI=1S/C25H32N6O/c1-18(23-15-20-6-4-5-7-22(20)28-23)30(3)24(32)9-8-19-14-21(25(26)27-16-19)17-31-12-10-29(2)11-13-31/h4-9,14-16,18,28H,10-13,17H2,1-3H3,(H2,26,27). The zero-order chi connectivity index (χ0) is 22.7. The van der Waals surface area contributed by atoms with Crippen molar-refractivity contribution < 1.29 is 4.79 Å². The van der Waals surface area contributed by atoms with Gasteiger partial charge in [-0.15, -0.1) is 0 Å². The molecule has 2 aromatic heterocycles. The predicted octanol–water partition coefficient (Wildman–Crippen LogP) is 3.13. The van der Waals surface area contributed by atoms with Crippen LogP contribution in [0.25, 0.3) is 17.0 Å². The van der Waals surface area contributed by atoms with Crippen molar-refractivity contribution in [2.24, 2.45) is 0 Å². The molecule has 1 amide bonds. The van der Waals surface area contributed by atoms with Crippen LogP contribution in [0.5, 0.6) is 0 Å². The highest BCUT2D eigenvalue weighted by Gasteiger charge is 2.18. The highest BCUT2D eigenvalue weighted by molar-refractivity contribution is 5.92. The van der Waals surface area contributed by atoms with E-state index in [-0.39, 0.29) is 11.9 Å². The Bertz CT molecular complexity index is 1080. The smallest absolute Gasteiger partial charge is 0.246 e. The Morgan fingerprint density at radius 2 is 2.00 bits per heavy atom. The number of H-pyrrole nitrogens is 1. The molecule has 7 nitrogen and oxygen atoms in total. The molecule has 1 unspecified atom stereocenters. The first kappa shape index (κ1) is 22.0. The molecule has 1 aliphatic rings. The number of carbonyl (C=O) groups excluding carboxylic acids is 1. The van der Waals surface area contributed by atoms with Crippen LogP contribution in [0.4, 0.5) is 5.82 Å². The summed E-state index contributed by atoms with van der Waals surface area (Å²) in [7, 11) is 3.97. The van der Waals surface area contributed by atoms with E-state index in [2.05, 4.69) is 38.9 Å². The molecule has 3 N–H and O–H groups in total. The number of nitrogen functional groups attached to an aromatic ring is 1. The summed E-state index contributed by atoms with van der Waals surface area (Å²) in [6.07, 6.45) is 5.14. The van der Waals surface area contributed by atoms with Crippen LogP contribution >= 0.6 is 0 Å². The van der Waals surface area contributed by atoms with E-state index >= 15 is 0 Å². The number of amides is 1. The number of carbonyl (C=O) groups is 1. The van der Waals surface area contributed by atoms with Crippen LogP contribution in [0.2, 0.25) is 0 Å². The maximum atomic E-state index is 12.8. The zero-order valence-corrected chi connectivity index (χ0v) is 19.1. The van der Waals surface area contributed by atoms with Crippen molar-refractivity contribution in [1.29, 1.82) is 0 Å². The van der Waals surface area contributed by atoms with Crippen LogP contribution in [0.1, 0.15) is 29.8 Å². The summed E-state index contributed by atoms with van der Waals surface area (Å²) in [6.45, 7) is 6.95. The van der Waals surface area contributed by atoms with Gasteiger partial charge in [-0.2, -0.15) is 0 Å². The highest BCUT2D eigenvalue weighted by Crippen LogP contribution is 2.23. The van der Waals surface area contributed by atoms with Crippen LogP contribution in [0.15, 0.2) is 48.7 Å². The fourth-order valence-electron chi connectivity index (χ4n) is 4.01. The summed E-state index contributed by atoms with van der Waals surface area (Å²) < 4.78 is 0. The number of hydrogen-bond donors (Lipinski definition) is 2. The number of para-hydroxylation sites is 1. The first-order valence-electron chi connectivity index (χ1n) is 11.1. The molecule has 1 saturated heterocycles. The van der Waals surface area contributed by atoms with Crippen molar-refractivity contribution in [2.45, 2.75) is 19.5 Å². The molecule has 1 aliphatic heterocycles. The number of rotatable bonds is 6. The lowest BCUT2D eigenvalue weighted by Gasteiger charge is -2.32. The third-order valence-electron chi connectivity index (χ3n) is 6.36. The third-order valence-corrected chi connectivity index (χ3v) is 6.36. The molecule has 7 heteroatoms. The normalized spacial score (nSPS) is 16.6. The second-order valence-electron chi connectivity index (χ2n) is 8.66. The number of pyridine rings is 1. The Hall–Kier alpha value is -3.16. The maximum absolute atomic E-state index is 12.8. The van der Waals surface area contributed by atoms with E-state index in [0.29, 0.717) is 5.82 Å². The summed E-state index contributed by atoms with van der Waals surface area (Å²) in [4.78, 5) is 27.0. The van der Waals surface area contributed by atoms with Gasteiger partial charge in [0.1, 0.15) is 5.82 Å². The van der Waals surface area contributed by atoms with E-state index in [4.69, 9.17) is 5.73 Å². The quantitative estimate of drug-likeness (QED) is 0.585. The molecule has 0 radical (unpaired) electrons. The molecule has 32 heavy (non-hydrogen) atoms. The number of likely N-dealkylation sites (N-methyl/N-ethyl adjacent to an activating group) is 2. The molecule has 3 heterocycles. The number of nitrogens with zero attached hydrogens (tertiary/aromatic N) is 4. The minimum atomic E-state index is -0.0723. The zero-order valence-electron chi connectivity index (χ0n) is 19.1. The summed E-state index contributed by atoms with van der Waals surface area (Å²) >= 11 is 0.